The fraction of sp³-hybridized carbons (Fsp3) is 0.412. The second-order valence-corrected chi connectivity index (χ2v) is 6.86. The highest BCUT2D eigenvalue weighted by Crippen LogP contribution is 2.24. The lowest BCUT2D eigenvalue weighted by molar-refractivity contribution is -0.129. The van der Waals surface area contributed by atoms with Gasteiger partial charge in [-0.15, -0.1) is 16.8 Å². The van der Waals surface area contributed by atoms with Gasteiger partial charge in [-0.05, 0) is 19.2 Å². The minimum Gasteiger partial charge on any atom is -0.339 e. The van der Waals surface area contributed by atoms with Crippen LogP contribution >= 0.6 is 11.8 Å². The number of hydrogen-bond acceptors (Lipinski definition) is 6. The first-order valence-electron chi connectivity index (χ1n) is 8.22. The molecule has 0 aromatic carbocycles. The van der Waals surface area contributed by atoms with Crippen molar-refractivity contribution in [2.75, 3.05) is 39.0 Å². The monoisotopic (exact) mass is 358 g/mol. The fourth-order valence-electron chi connectivity index (χ4n) is 2.68. The molecule has 0 aliphatic carbocycles. The molecule has 3 rings (SSSR count). The molecule has 0 spiro atoms. The van der Waals surface area contributed by atoms with E-state index in [4.69, 9.17) is 0 Å². The van der Waals surface area contributed by atoms with Crippen LogP contribution in [0.2, 0.25) is 0 Å². The predicted molar refractivity (Wildman–Crippen MR) is 98.3 cm³/mol. The van der Waals surface area contributed by atoms with Gasteiger partial charge in [0.15, 0.2) is 11.0 Å². The van der Waals surface area contributed by atoms with Gasteiger partial charge in [0.05, 0.1) is 5.75 Å². The number of pyridine rings is 1. The highest BCUT2D eigenvalue weighted by atomic mass is 32.2. The number of rotatable bonds is 6. The Hall–Kier alpha value is -2.19. The van der Waals surface area contributed by atoms with Crippen molar-refractivity contribution in [3.8, 4) is 11.4 Å². The first-order chi connectivity index (χ1) is 12.2. The van der Waals surface area contributed by atoms with Gasteiger partial charge in [-0.1, -0.05) is 17.8 Å². The molecular weight excluding hydrogens is 336 g/mol. The Morgan fingerprint density at radius 3 is 2.64 bits per heavy atom. The van der Waals surface area contributed by atoms with Crippen LogP contribution in [0.25, 0.3) is 11.4 Å². The molecule has 1 fully saturated rings. The molecule has 7 nitrogen and oxygen atoms in total. The van der Waals surface area contributed by atoms with E-state index < -0.39 is 0 Å². The van der Waals surface area contributed by atoms with E-state index in [0.717, 1.165) is 42.7 Å². The van der Waals surface area contributed by atoms with Gasteiger partial charge >= 0.3 is 0 Å². The van der Waals surface area contributed by atoms with Crippen LogP contribution in [-0.2, 0) is 11.3 Å². The summed E-state index contributed by atoms with van der Waals surface area (Å²) in [6, 6.07) is 3.79. The Balaban J connectivity index is 1.69. The molecule has 1 aliphatic heterocycles. The van der Waals surface area contributed by atoms with Crippen molar-refractivity contribution < 1.29 is 4.79 Å². The topological polar surface area (TPSA) is 67.2 Å². The van der Waals surface area contributed by atoms with Gasteiger partial charge in [0, 0.05) is 50.7 Å². The van der Waals surface area contributed by atoms with Crippen molar-refractivity contribution in [3.05, 3.63) is 37.2 Å². The largest absolute Gasteiger partial charge is 0.339 e. The molecule has 1 saturated heterocycles. The number of piperazine rings is 1. The Kier molecular flexibility index (Phi) is 5.83. The third kappa shape index (κ3) is 4.26. The molecule has 3 heterocycles. The minimum absolute atomic E-state index is 0.150. The molecule has 0 N–H and O–H groups in total. The molecule has 0 atom stereocenters. The van der Waals surface area contributed by atoms with Crippen LogP contribution in [0.5, 0.6) is 0 Å². The third-order valence-electron chi connectivity index (χ3n) is 4.15. The summed E-state index contributed by atoms with van der Waals surface area (Å²) in [4.78, 5) is 20.6. The zero-order chi connectivity index (χ0) is 17.6. The first kappa shape index (κ1) is 17.6. The number of likely N-dealkylation sites (N-methyl/N-ethyl adjacent to an activating group) is 1. The van der Waals surface area contributed by atoms with Gasteiger partial charge in [0.25, 0.3) is 0 Å². The number of amides is 1. The summed E-state index contributed by atoms with van der Waals surface area (Å²) < 4.78 is 1.98. The molecule has 2 aromatic heterocycles. The summed E-state index contributed by atoms with van der Waals surface area (Å²) >= 11 is 1.43. The lowest BCUT2D eigenvalue weighted by Crippen LogP contribution is -2.47. The number of carbonyl (C=O) groups is 1. The molecule has 1 amide bonds. The highest BCUT2D eigenvalue weighted by molar-refractivity contribution is 7.99. The molecule has 25 heavy (non-hydrogen) atoms. The van der Waals surface area contributed by atoms with Crippen molar-refractivity contribution >= 4 is 17.7 Å². The summed E-state index contributed by atoms with van der Waals surface area (Å²) in [5.41, 5.74) is 0.946. The lowest BCUT2D eigenvalue weighted by atomic mass is 10.2. The van der Waals surface area contributed by atoms with E-state index in [1.807, 2.05) is 21.6 Å². The average molecular weight is 358 g/mol. The zero-order valence-electron chi connectivity index (χ0n) is 14.3. The van der Waals surface area contributed by atoms with Gasteiger partial charge in [-0.3, -0.25) is 14.3 Å². The van der Waals surface area contributed by atoms with Crippen LogP contribution in [-0.4, -0.2) is 74.4 Å². The van der Waals surface area contributed by atoms with E-state index in [0.29, 0.717) is 12.3 Å². The van der Waals surface area contributed by atoms with E-state index in [9.17, 15) is 4.79 Å². The Bertz CT molecular complexity index is 724. The molecular formula is C17H22N6OS. The average Bonchev–Trinajstić information content (AvgIpc) is 3.04. The van der Waals surface area contributed by atoms with E-state index in [1.54, 1.807) is 18.5 Å². The molecule has 8 heteroatoms. The summed E-state index contributed by atoms with van der Waals surface area (Å²) in [7, 11) is 2.08. The SMILES string of the molecule is C=CCn1c(SCC(=O)N2CCN(C)CC2)nnc1-c1ccncc1. The molecule has 0 radical (unpaired) electrons. The highest BCUT2D eigenvalue weighted by Gasteiger charge is 2.20. The Morgan fingerprint density at radius 1 is 1.24 bits per heavy atom. The van der Waals surface area contributed by atoms with E-state index >= 15 is 0 Å². The molecule has 1 aliphatic rings. The van der Waals surface area contributed by atoms with Gasteiger partial charge in [-0.25, -0.2) is 0 Å². The van der Waals surface area contributed by atoms with Crippen LogP contribution in [0.15, 0.2) is 42.3 Å². The number of aromatic nitrogens is 4. The quantitative estimate of drug-likeness (QED) is 0.574. The summed E-state index contributed by atoms with van der Waals surface area (Å²) in [6.45, 7) is 7.83. The van der Waals surface area contributed by atoms with Gasteiger partial charge in [0.2, 0.25) is 5.91 Å². The molecule has 132 valence electrons. The number of hydrogen-bond donors (Lipinski definition) is 0. The zero-order valence-corrected chi connectivity index (χ0v) is 15.2. The van der Waals surface area contributed by atoms with Crippen LogP contribution in [0.4, 0.5) is 0 Å². The van der Waals surface area contributed by atoms with Crippen LogP contribution < -0.4 is 0 Å². The molecule has 2 aromatic rings. The van der Waals surface area contributed by atoms with Crippen molar-refractivity contribution in [1.29, 1.82) is 0 Å². The van der Waals surface area contributed by atoms with Crippen molar-refractivity contribution in [3.63, 3.8) is 0 Å². The lowest BCUT2D eigenvalue weighted by Gasteiger charge is -2.32. The standard InChI is InChI=1S/C17H22N6OS/c1-3-8-23-16(14-4-6-18-7-5-14)19-20-17(23)25-13-15(24)22-11-9-21(2)10-12-22/h3-7H,1,8-13H2,2H3. The van der Waals surface area contributed by atoms with Crippen molar-refractivity contribution in [2.45, 2.75) is 11.7 Å². The molecule has 0 bridgehead atoms. The third-order valence-corrected chi connectivity index (χ3v) is 5.10. The van der Waals surface area contributed by atoms with Gasteiger partial charge in [0.1, 0.15) is 0 Å². The van der Waals surface area contributed by atoms with Crippen LogP contribution in [0.3, 0.4) is 0 Å². The summed E-state index contributed by atoms with van der Waals surface area (Å²) in [5.74, 6) is 1.28. The maximum atomic E-state index is 12.4. The number of allylic oxidation sites excluding steroid dienone is 1. The number of nitrogens with zero attached hydrogens (tertiary/aromatic N) is 6. The minimum atomic E-state index is 0.150. The predicted octanol–water partition coefficient (Wildman–Crippen LogP) is 1.39. The van der Waals surface area contributed by atoms with Gasteiger partial charge in [-0.2, -0.15) is 0 Å². The maximum absolute atomic E-state index is 12.4. The molecule has 0 saturated carbocycles. The maximum Gasteiger partial charge on any atom is 0.233 e. The smallest absolute Gasteiger partial charge is 0.233 e. The van der Waals surface area contributed by atoms with Crippen LogP contribution in [0, 0.1) is 0 Å². The molecule has 0 unspecified atom stereocenters. The summed E-state index contributed by atoms with van der Waals surface area (Å²) in [6.07, 6.45) is 5.26. The van der Waals surface area contributed by atoms with Crippen molar-refractivity contribution in [1.82, 2.24) is 29.5 Å². The van der Waals surface area contributed by atoms with Crippen LogP contribution in [0.1, 0.15) is 0 Å². The van der Waals surface area contributed by atoms with E-state index in [1.165, 1.54) is 11.8 Å². The fourth-order valence-corrected chi connectivity index (χ4v) is 3.53. The number of carbonyl (C=O) groups excluding carboxylic acids is 1. The van der Waals surface area contributed by atoms with E-state index in [2.05, 4.69) is 33.7 Å². The second kappa shape index (κ2) is 8.26. The first-order valence-corrected chi connectivity index (χ1v) is 9.21. The normalized spacial score (nSPS) is 15.3. The second-order valence-electron chi connectivity index (χ2n) is 5.91. The Labute approximate surface area is 151 Å². The van der Waals surface area contributed by atoms with E-state index in [-0.39, 0.29) is 5.91 Å². The summed E-state index contributed by atoms with van der Waals surface area (Å²) in [5, 5.41) is 9.29. The number of thioether (sulfide) groups is 1. The van der Waals surface area contributed by atoms with Gasteiger partial charge < -0.3 is 9.80 Å². The Morgan fingerprint density at radius 2 is 1.96 bits per heavy atom. The van der Waals surface area contributed by atoms with Crippen molar-refractivity contribution in [2.24, 2.45) is 0 Å².